The van der Waals surface area contributed by atoms with Crippen LogP contribution >= 0.6 is 0 Å². The Labute approximate surface area is 130 Å². The number of hydrogen-bond donors (Lipinski definition) is 2. The standard InChI is InChI=1S/C18H34N2O/c1-14(2)15-7-10-20(11-8-15)17-4-3-9-18(12-17,13-21)19-16-5-6-16/h14-17,19,21H,3-13H2,1-2H3. The van der Waals surface area contributed by atoms with Crippen molar-refractivity contribution in [1.29, 1.82) is 0 Å². The van der Waals surface area contributed by atoms with Gasteiger partial charge in [0.25, 0.3) is 0 Å². The topological polar surface area (TPSA) is 35.5 Å². The second-order valence-corrected chi connectivity index (χ2v) is 8.22. The molecular formula is C18H34N2O. The summed E-state index contributed by atoms with van der Waals surface area (Å²) in [6, 6.07) is 1.40. The number of piperidine rings is 1. The van der Waals surface area contributed by atoms with E-state index >= 15 is 0 Å². The van der Waals surface area contributed by atoms with Gasteiger partial charge in [-0.1, -0.05) is 13.8 Å². The number of aliphatic hydroxyl groups is 1. The number of hydrogen-bond acceptors (Lipinski definition) is 3. The first-order valence-electron chi connectivity index (χ1n) is 9.24. The van der Waals surface area contributed by atoms with E-state index in [9.17, 15) is 5.11 Å². The van der Waals surface area contributed by atoms with E-state index in [0.29, 0.717) is 18.7 Å². The molecule has 0 aromatic rings. The van der Waals surface area contributed by atoms with Gasteiger partial charge in [-0.05, 0) is 76.3 Å². The molecule has 3 aliphatic rings. The van der Waals surface area contributed by atoms with E-state index in [1.165, 1.54) is 58.0 Å². The van der Waals surface area contributed by atoms with Crippen molar-refractivity contribution in [1.82, 2.24) is 10.2 Å². The van der Waals surface area contributed by atoms with Crippen molar-refractivity contribution in [3.8, 4) is 0 Å². The molecule has 122 valence electrons. The van der Waals surface area contributed by atoms with Crippen LogP contribution < -0.4 is 5.32 Å². The van der Waals surface area contributed by atoms with Gasteiger partial charge in [-0.2, -0.15) is 0 Å². The van der Waals surface area contributed by atoms with E-state index in [-0.39, 0.29) is 5.54 Å². The Hall–Kier alpha value is -0.120. The Balaban J connectivity index is 1.55. The van der Waals surface area contributed by atoms with Crippen molar-refractivity contribution in [3.05, 3.63) is 0 Å². The number of nitrogens with one attached hydrogen (secondary N) is 1. The lowest BCUT2D eigenvalue weighted by atomic mass is 9.77. The van der Waals surface area contributed by atoms with Crippen LogP contribution in [-0.2, 0) is 0 Å². The van der Waals surface area contributed by atoms with Gasteiger partial charge in [0.1, 0.15) is 0 Å². The highest BCUT2D eigenvalue weighted by Gasteiger charge is 2.41. The predicted molar refractivity (Wildman–Crippen MR) is 87.4 cm³/mol. The van der Waals surface area contributed by atoms with Gasteiger partial charge in [0.05, 0.1) is 6.61 Å². The second-order valence-electron chi connectivity index (χ2n) is 8.22. The molecule has 2 unspecified atom stereocenters. The minimum absolute atomic E-state index is 0.0268. The lowest BCUT2D eigenvalue weighted by Crippen LogP contribution is -2.57. The number of aliphatic hydroxyl groups excluding tert-OH is 1. The van der Waals surface area contributed by atoms with Crippen molar-refractivity contribution in [2.75, 3.05) is 19.7 Å². The number of likely N-dealkylation sites (tertiary alicyclic amines) is 1. The SMILES string of the molecule is CC(C)C1CCN(C2CCCC(CO)(NC3CC3)C2)CC1. The molecule has 21 heavy (non-hydrogen) atoms. The van der Waals surface area contributed by atoms with Crippen LogP contribution in [0.5, 0.6) is 0 Å². The fourth-order valence-corrected chi connectivity index (χ4v) is 4.58. The maximum atomic E-state index is 9.97. The van der Waals surface area contributed by atoms with Gasteiger partial charge in [0.2, 0.25) is 0 Å². The van der Waals surface area contributed by atoms with Gasteiger partial charge in [-0.25, -0.2) is 0 Å². The maximum absolute atomic E-state index is 9.97. The molecule has 1 heterocycles. The van der Waals surface area contributed by atoms with Gasteiger partial charge >= 0.3 is 0 Å². The monoisotopic (exact) mass is 294 g/mol. The highest BCUT2D eigenvalue weighted by atomic mass is 16.3. The Morgan fingerprint density at radius 3 is 2.43 bits per heavy atom. The normalized spacial score (nSPS) is 36.3. The third-order valence-electron chi connectivity index (χ3n) is 6.24. The van der Waals surface area contributed by atoms with Crippen LogP contribution in [0.3, 0.4) is 0 Å². The summed E-state index contributed by atoms with van der Waals surface area (Å²) in [6.45, 7) is 7.62. The lowest BCUT2D eigenvalue weighted by molar-refractivity contribution is 0.0371. The Morgan fingerprint density at radius 2 is 1.86 bits per heavy atom. The summed E-state index contributed by atoms with van der Waals surface area (Å²) in [5.41, 5.74) is 0.0268. The molecule has 3 fully saturated rings. The Morgan fingerprint density at radius 1 is 1.14 bits per heavy atom. The summed E-state index contributed by atoms with van der Waals surface area (Å²) in [6.07, 6.45) is 10.3. The average Bonchev–Trinajstić information content (AvgIpc) is 3.31. The molecule has 0 bridgehead atoms. The highest BCUT2D eigenvalue weighted by Crippen LogP contribution is 2.36. The zero-order valence-electron chi connectivity index (χ0n) is 14.0. The second kappa shape index (κ2) is 6.55. The highest BCUT2D eigenvalue weighted by molar-refractivity contribution is 5.01. The molecule has 1 aliphatic heterocycles. The molecule has 0 spiro atoms. The third-order valence-corrected chi connectivity index (χ3v) is 6.24. The van der Waals surface area contributed by atoms with Crippen molar-refractivity contribution < 1.29 is 5.11 Å². The summed E-state index contributed by atoms with van der Waals surface area (Å²) in [5, 5.41) is 13.7. The summed E-state index contributed by atoms with van der Waals surface area (Å²) in [5.74, 6) is 1.77. The fourth-order valence-electron chi connectivity index (χ4n) is 4.58. The van der Waals surface area contributed by atoms with Gasteiger partial charge in [-0.15, -0.1) is 0 Å². The fraction of sp³-hybridized carbons (Fsp3) is 1.00. The molecule has 2 aliphatic carbocycles. The summed E-state index contributed by atoms with van der Waals surface area (Å²) < 4.78 is 0. The molecule has 0 aromatic carbocycles. The zero-order chi connectivity index (χ0) is 14.9. The van der Waals surface area contributed by atoms with Crippen molar-refractivity contribution in [2.24, 2.45) is 11.8 Å². The molecular weight excluding hydrogens is 260 g/mol. The van der Waals surface area contributed by atoms with Gasteiger partial charge in [-0.3, -0.25) is 0 Å². The quantitative estimate of drug-likeness (QED) is 0.818. The summed E-state index contributed by atoms with van der Waals surface area (Å²) in [7, 11) is 0. The lowest BCUT2D eigenvalue weighted by Gasteiger charge is -2.47. The first kappa shape index (κ1) is 15.8. The smallest absolute Gasteiger partial charge is 0.0613 e. The van der Waals surface area contributed by atoms with Crippen LogP contribution in [0.15, 0.2) is 0 Å². The van der Waals surface area contributed by atoms with Crippen molar-refractivity contribution >= 4 is 0 Å². The maximum Gasteiger partial charge on any atom is 0.0613 e. The van der Waals surface area contributed by atoms with Crippen LogP contribution in [0.4, 0.5) is 0 Å². The number of rotatable bonds is 5. The first-order chi connectivity index (χ1) is 10.1. The summed E-state index contributed by atoms with van der Waals surface area (Å²) >= 11 is 0. The molecule has 0 radical (unpaired) electrons. The summed E-state index contributed by atoms with van der Waals surface area (Å²) in [4.78, 5) is 2.73. The first-order valence-corrected chi connectivity index (χ1v) is 9.24. The minimum atomic E-state index is 0.0268. The Bertz CT molecular complexity index is 334. The molecule has 1 saturated heterocycles. The minimum Gasteiger partial charge on any atom is -0.394 e. The molecule has 3 rings (SSSR count). The molecule has 2 saturated carbocycles. The van der Waals surface area contributed by atoms with Crippen LogP contribution in [-0.4, -0.2) is 47.3 Å². The molecule has 2 atom stereocenters. The third kappa shape index (κ3) is 3.80. The van der Waals surface area contributed by atoms with E-state index in [1.54, 1.807) is 0 Å². The van der Waals surface area contributed by atoms with E-state index in [4.69, 9.17) is 0 Å². The van der Waals surface area contributed by atoms with Crippen molar-refractivity contribution in [3.63, 3.8) is 0 Å². The van der Waals surface area contributed by atoms with E-state index in [0.717, 1.165) is 18.3 Å². The van der Waals surface area contributed by atoms with E-state index in [1.807, 2.05) is 0 Å². The largest absolute Gasteiger partial charge is 0.394 e. The van der Waals surface area contributed by atoms with E-state index in [2.05, 4.69) is 24.1 Å². The number of nitrogens with zero attached hydrogens (tertiary/aromatic N) is 1. The zero-order valence-corrected chi connectivity index (χ0v) is 14.0. The molecule has 3 nitrogen and oxygen atoms in total. The van der Waals surface area contributed by atoms with Crippen LogP contribution in [0.1, 0.15) is 65.2 Å². The molecule has 0 amide bonds. The molecule has 0 aromatic heterocycles. The average molecular weight is 294 g/mol. The van der Waals surface area contributed by atoms with Gasteiger partial charge < -0.3 is 15.3 Å². The van der Waals surface area contributed by atoms with Crippen LogP contribution in [0, 0.1) is 11.8 Å². The van der Waals surface area contributed by atoms with Crippen molar-refractivity contribution in [2.45, 2.75) is 82.8 Å². The van der Waals surface area contributed by atoms with Crippen LogP contribution in [0.2, 0.25) is 0 Å². The predicted octanol–water partition coefficient (Wildman–Crippen LogP) is 2.78. The Kier molecular flexibility index (Phi) is 4.92. The van der Waals surface area contributed by atoms with Crippen LogP contribution in [0.25, 0.3) is 0 Å². The molecule has 2 N–H and O–H groups in total. The van der Waals surface area contributed by atoms with Gasteiger partial charge in [0, 0.05) is 17.6 Å². The molecule has 3 heteroatoms. The van der Waals surface area contributed by atoms with Gasteiger partial charge in [0.15, 0.2) is 0 Å². The van der Waals surface area contributed by atoms with E-state index < -0.39 is 0 Å².